The second kappa shape index (κ2) is 16.6. The van der Waals surface area contributed by atoms with E-state index in [-0.39, 0.29) is 0 Å². The van der Waals surface area contributed by atoms with Crippen LogP contribution in [0.1, 0.15) is 0 Å². The summed E-state index contributed by atoms with van der Waals surface area (Å²) in [6, 6.07) is 76.0. The molecule has 12 rings (SSSR count). The molecule has 0 fully saturated rings. The molecular formula is C59H39N7. The van der Waals surface area contributed by atoms with Gasteiger partial charge >= 0.3 is 0 Å². The molecule has 0 N–H and O–H groups in total. The van der Waals surface area contributed by atoms with Gasteiger partial charge in [-0.25, -0.2) is 19.9 Å². The number of benzene rings is 8. The van der Waals surface area contributed by atoms with Crippen molar-refractivity contribution < 1.29 is 0 Å². The first-order valence-electron chi connectivity index (χ1n) is 22.0. The van der Waals surface area contributed by atoms with Crippen LogP contribution in [0.4, 0.5) is 17.2 Å². The molecule has 0 saturated heterocycles. The van der Waals surface area contributed by atoms with Crippen molar-refractivity contribution in [1.82, 2.24) is 29.5 Å². The van der Waals surface area contributed by atoms with Crippen LogP contribution in [0.2, 0.25) is 0 Å². The zero-order chi connectivity index (χ0) is 43.8. The average Bonchev–Trinajstić information content (AvgIpc) is 3.74. The number of anilines is 3. The number of aromatic nitrogens is 6. The van der Waals surface area contributed by atoms with E-state index in [9.17, 15) is 0 Å². The maximum absolute atomic E-state index is 5.20. The van der Waals surface area contributed by atoms with Gasteiger partial charge in [0, 0.05) is 56.6 Å². The Morgan fingerprint density at radius 1 is 0.364 bits per heavy atom. The van der Waals surface area contributed by atoms with Gasteiger partial charge in [0.05, 0.1) is 22.9 Å². The highest BCUT2D eigenvalue weighted by atomic mass is 15.2. The fraction of sp³-hybridized carbons (Fsp3) is 0. The van der Waals surface area contributed by atoms with Crippen molar-refractivity contribution in [1.29, 1.82) is 0 Å². The van der Waals surface area contributed by atoms with Crippen LogP contribution in [0.25, 0.3) is 94.7 Å². The van der Waals surface area contributed by atoms with Gasteiger partial charge in [0.15, 0.2) is 17.5 Å². The number of fused-ring (bicyclic) bond motifs is 5. The third-order valence-electron chi connectivity index (χ3n) is 12.2. The van der Waals surface area contributed by atoms with Gasteiger partial charge in [-0.05, 0) is 82.2 Å². The fourth-order valence-electron chi connectivity index (χ4n) is 8.99. The third kappa shape index (κ3) is 7.11. The third-order valence-corrected chi connectivity index (χ3v) is 12.2. The Labute approximate surface area is 381 Å². The van der Waals surface area contributed by atoms with E-state index in [4.69, 9.17) is 19.9 Å². The lowest BCUT2D eigenvalue weighted by atomic mass is 10.0. The summed E-state index contributed by atoms with van der Waals surface area (Å²) in [5.74, 6) is 2.61. The molecule has 0 atom stereocenters. The summed E-state index contributed by atoms with van der Waals surface area (Å²) in [5, 5.41) is 4.59. The van der Waals surface area contributed by atoms with Crippen molar-refractivity contribution in [2.75, 3.05) is 4.90 Å². The van der Waals surface area contributed by atoms with Crippen molar-refractivity contribution in [3.8, 4) is 62.1 Å². The van der Waals surface area contributed by atoms with Gasteiger partial charge in [-0.1, -0.05) is 164 Å². The number of rotatable bonds is 9. The Hall–Kier alpha value is -9.07. The molecule has 4 heterocycles. The second-order valence-electron chi connectivity index (χ2n) is 16.2. The van der Waals surface area contributed by atoms with Crippen LogP contribution >= 0.6 is 0 Å². The van der Waals surface area contributed by atoms with Crippen molar-refractivity contribution in [3.63, 3.8) is 0 Å². The average molecular weight is 846 g/mol. The van der Waals surface area contributed by atoms with E-state index in [0.717, 1.165) is 89.0 Å². The van der Waals surface area contributed by atoms with Gasteiger partial charge in [0.2, 0.25) is 0 Å². The molecule has 8 aromatic carbocycles. The summed E-state index contributed by atoms with van der Waals surface area (Å²) in [6.45, 7) is 0. The second-order valence-corrected chi connectivity index (χ2v) is 16.2. The molecule has 0 aliphatic heterocycles. The minimum atomic E-state index is 0.589. The van der Waals surface area contributed by atoms with Crippen molar-refractivity contribution in [2.45, 2.75) is 0 Å². The normalized spacial score (nSPS) is 11.3. The number of pyridine rings is 2. The van der Waals surface area contributed by atoms with E-state index in [1.165, 1.54) is 5.39 Å². The number of hydrogen-bond acceptors (Lipinski definition) is 6. The maximum Gasteiger partial charge on any atom is 0.164 e. The topological polar surface area (TPSA) is 72.6 Å². The van der Waals surface area contributed by atoms with Crippen LogP contribution in [-0.2, 0) is 0 Å². The zero-order valence-electron chi connectivity index (χ0n) is 35.6. The Balaban J connectivity index is 1.02. The summed E-state index contributed by atoms with van der Waals surface area (Å²) in [4.78, 5) is 26.9. The van der Waals surface area contributed by atoms with E-state index >= 15 is 0 Å². The zero-order valence-corrected chi connectivity index (χ0v) is 35.6. The van der Waals surface area contributed by atoms with Gasteiger partial charge in [-0.3, -0.25) is 9.88 Å². The van der Waals surface area contributed by atoms with Gasteiger partial charge in [0.1, 0.15) is 5.82 Å². The minimum absolute atomic E-state index is 0.589. The van der Waals surface area contributed by atoms with Crippen LogP contribution in [0, 0.1) is 0 Å². The Kier molecular flexibility index (Phi) is 9.69. The lowest BCUT2D eigenvalue weighted by molar-refractivity contribution is 1.07. The van der Waals surface area contributed by atoms with Gasteiger partial charge in [-0.15, -0.1) is 0 Å². The molecule has 12 aromatic rings. The minimum Gasteiger partial charge on any atom is -0.309 e. The summed E-state index contributed by atoms with van der Waals surface area (Å²) in [5.41, 5.74) is 12.4. The summed E-state index contributed by atoms with van der Waals surface area (Å²) in [6.07, 6.45) is 5.49. The highest BCUT2D eigenvalue weighted by Crippen LogP contribution is 2.41. The van der Waals surface area contributed by atoms with Crippen molar-refractivity contribution in [2.24, 2.45) is 0 Å². The van der Waals surface area contributed by atoms with Crippen LogP contribution in [0.5, 0.6) is 0 Å². The van der Waals surface area contributed by atoms with Crippen LogP contribution < -0.4 is 4.90 Å². The van der Waals surface area contributed by atoms with Crippen LogP contribution in [-0.4, -0.2) is 29.5 Å². The van der Waals surface area contributed by atoms with E-state index in [1.54, 1.807) is 6.20 Å². The quantitative estimate of drug-likeness (QED) is 0.144. The molecule has 310 valence electrons. The van der Waals surface area contributed by atoms with Crippen molar-refractivity contribution >= 4 is 49.8 Å². The molecule has 0 spiro atoms. The lowest BCUT2D eigenvalue weighted by Crippen LogP contribution is -2.11. The predicted molar refractivity (Wildman–Crippen MR) is 269 cm³/mol. The Morgan fingerprint density at radius 3 is 1.62 bits per heavy atom. The molecule has 0 bridgehead atoms. The van der Waals surface area contributed by atoms with E-state index in [1.807, 2.05) is 48.8 Å². The molecule has 0 unspecified atom stereocenters. The fourth-order valence-corrected chi connectivity index (χ4v) is 8.99. The first-order chi connectivity index (χ1) is 32.7. The molecule has 4 aromatic heterocycles. The van der Waals surface area contributed by atoms with E-state index in [2.05, 4.69) is 196 Å². The molecule has 0 radical (unpaired) electrons. The summed E-state index contributed by atoms with van der Waals surface area (Å²) < 4.78 is 2.38. The van der Waals surface area contributed by atoms with Crippen LogP contribution in [0.3, 0.4) is 0 Å². The van der Waals surface area contributed by atoms with Gasteiger partial charge in [-0.2, -0.15) is 0 Å². The SMILES string of the molecule is c1ccc(-c2ccc(-c3nc(-c4ccc(-c5ccccc5)cc4)nc(-c4cccc(-n5c6ccc(N(c7cccnc7)c7ccccn7)cc6c6ccc7ccccc7c65)c4)n3)cc2)cc1. The standard InChI is InChI=1S/C59H39N7/c1-3-13-40(14-4-1)42-23-27-45(28-24-42)57-62-58(46-29-25-43(26-30-46)41-15-5-2-6-16-41)64-59(63-57)47-18-11-19-48(37-47)66-54-34-32-49(65(50-20-12-35-60-39-50)55-22-9-10-36-61-55)38-53(54)52-33-31-44-17-7-8-21-51(44)56(52)66/h1-39H. The first kappa shape index (κ1) is 38.6. The molecule has 0 saturated carbocycles. The Bertz CT molecular complexity index is 3530. The van der Waals surface area contributed by atoms with Gasteiger partial charge in [0.25, 0.3) is 0 Å². The first-order valence-corrected chi connectivity index (χ1v) is 22.0. The molecule has 7 nitrogen and oxygen atoms in total. The smallest absolute Gasteiger partial charge is 0.164 e. The van der Waals surface area contributed by atoms with Crippen molar-refractivity contribution in [3.05, 3.63) is 237 Å². The molecule has 0 aliphatic carbocycles. The number of nitrogens with zero attached hydrogens (tertiary/aromatic N) is 7. The van der Waals surface area contributed by atoms with E-state index < -0.39 is 0 Å². The molecule has 7 heteroatoms. The molecule has 0 amide bonds. The van der Waals surface area contributed by atoms with Crippen LogP contribution in [0.15, 0.2) is 237 Å². The maximum atomic E-state index is 5.20. The van der Waals surface area contributed by atoms with E-state index in [0.29, 0.717) is 17.5 Å². The highest BCUT2D eigenvalue weighted by Gasteiger charge is 2.21. The summed E-state index contributed by atoms with van der Waals surface area (Å²) in [7, 11) is 0. The molecule has 0 aliphatic rings. The molecule has 66 heavy (non-hydrogen) atoms. The summed E-state index contributed by atoms with van der Waals surface area (Å²) >= 11 is 0. The Morgan fingerprint density at radius 2 is 0.970 bits per heavy atom. The molecular weight excluding hydrogens is 807 g/mol. The largest absolute Gasteiger partial charge is 0.309 e. The monoisotopic (exact) mass is 845 g/mol. The highest BCUT2D eigenvalue weighted by molar-refractivity contribution is 6.19. The number of hydrogen-bond donors (Lipinski definition) is 0. The predicted octanol–water partition coefficient (Wildman–Crippen LogP) is 14.7. The van der Waals surface area contributed by atoms with Gasteiger partial charge < -0.3 is 4.57 Å². The lowest BCUT2D eigenvalue weighted by Gasteiger charge is -2.24.